The van der Waals surface area contributed by atoms with E-state index in [1.54, 1.807) is 18.2 Å². The monoisotopic (exact) mass is 418 g/mol. The molecule has 0 aromatic heterocycles. The van der Waals surface area contributed by atoms with E-state index in [9.17, 15) is 18.8 Å². The van der Waals surface area contributed by atoms with Crippen LogP contribution in [0.15, 0.2) is 60.7 Å². The number of benzene rings is 2. The summed E-state index contributed by atoms with van der Waals surface area (Å²) in [6.07, 6.45) is 4.76. The van der Waals surface area contributed by atoms with E-state index in [0.717, 1.165) is 12.0 Å². The van der Waals surface area contributed by atoms with Gasteiger partial charge in [0.15, 0.2) is 0 Å². The smallest absolute Gasteiger partial charge is 0.234 e. The predicted molar refractivity (Wildman–Crippen MR) is 113 cm³/mol. The normalized spacial score (nSPS) is 27.0. The number of anilines is 1. The maximum Gasteiger partial charge on any atom is 0.234 e. The number of hydrogen-bond donors (Lipinski definition) is 1. The SMILES string of the molecule is Cc1ccc(NC(=O)CC(c2cccc(F)c2)N2C(=O)C3C4C=CC(C4)C3C2=O)cc1. The molecule has 2 aromatic rings. The Labute approximate surface area is 179 Å². The van der Waals surface area contributed by atoms with Gasteiger partial charge in [-0.15, -0.1) is 0 Å². The molecular weight excluding hydrogens is 395 g/mol. The fourth-order valence-electron chi connectivity index (χ4n) is 5.33. The highest BCUT2D eigenvalue weighted by Gasteiger charge is 2.60. The topological polar surface area (TPSA) is 66.5 Å². The summed E-state index contributed by atoms with van der Waals surface area (Å²) < 4.78 is 14.0. The standard InChI is InChI=1S/C25H23FN2O3/c1-14-5-9-19(10-6-14)27-21(29)13-20(15-3-2-4-18(26)12-15)28-24(30)22-16-7-8-17(11-16)23(22)25(28)31/h2-10,12,16-17,20,22-23H,11,13H2,1H3,(H,27,29). The molecule has 2 bridgehead atoms. The summed E-state index contributed by atoms with van der Waals surface area (Å²) in [7, 11) is 0. The second kappa shape index (κ2) is 7.45. The molecule has 3 amide bonds. The van der Waals surface area contributed by atoms with Gasteiger partial charge >= 0.3 is 0 Å². The minimum absolute atomic E-state index is 0.0750. The fourth-order valence-corrected chi connectivity index (χ4v) is 5.33. The number of carbonyl (C=O) groups is 3. The van der Waals surface area contributed by atoms with Crippen LogP contribution in [0.1, 0.15) is 30.0 Å². The highest BCUT2D eigenvalue weighted by Crippen LogP contribution is 2.54. The average Bonchev–Trinajstić information content (AvgIpc) is 3.42. The molecule has 158 valence electrons. The molecule has 0 radical (unpaired) electrons. The Kier molecular flexibility index (Phi) is 4.73. The molecule has 31 heavy (non-hydrogen) atoms. The molecule has 1 saturated carbocycles. The molecule has 1 aliphatic heterocycles. The number of allylic oxidation sites excluding steroid dienone is 2. The van der Waals surface area contributed by atoms with Crippen molar-refractivity contribution in [3.63, 3.8) is 0 Å². The summed E-state index contributed by atoms with van der Waals surface area (Å²) in [4.78, 5) is 40.7. The third-order valence-corrected chi connectivity index (χ3v) is 6.76. The van der Waals surface area contributed by atoms with E-state index >= 15 is 0 Å². The van der Waals surface area contributed by atoms with Crippen LogP contribution in [-0.2, 0) is 14.4 Å². The second-order valence-corrected chi connectivity index (χ2v) is 8.74. The van der Waals surface area contributed by atoms with E-state index in [0.29, 0.717) is 11.3 Å². The molecular formula is C25H23FN2O3. The van der Waals surface area contributed by atoms with Crippen molar-refractivity contribution in [3.8, 4) is 0 Å². The van der Waals surface area contributed by atoms with E-state index < -0.39 is 11.9 Å². The zero-order valence-corrected chi connectivity index (χ0v) is 17.1. The first kappa shape index (κ1) is 19.7. The second-order valence-electron chi connectivity index (χ2n) is 8.74. The first-order valence-corrected chi connectivity index (χ1v) is 10.6. The van der Waals surface area contributed by atoms with Crippen molar-refractivity contribution in [1.82, 2.24) is 4.90 Å². The van der Waals surface area contributed by atoms with Crippen molar-refractivity contribution in [3.05, 3.63) is 77.6 Å². The summed E-state index contributed by atoms with van der Waals surface area (Å²) in [6.45, 7) is 1.95. The summed E-state index contributed by atoms with van der Waals surface area (Å²) in [5, 5.41) is 2.82. The lowest BCUT2D eigenvalue weighted by Gasteiger charge is -2.28. The van der Waals surface area contributed by atoms with Gasteiger partial charge in [0.05, 0.1) is 24.3 Å². The van der Waals surface area contributed by atoms with Gasteiger partial charge in [0.1, 0.15) is 5.82 Å². The Morgan fingerprint density at radius 2 is 1.71 bits per heavy atom. The Morgan fingerprint density at radius 3 is 2.32 bits per heavy atom. The minimum atomic E-state index is -0.842. The molecule has 3 aliphatic rings. The quantitative estimate of drug-likeness (QED) is 0.589. The van der Waals surface area contributed by atoms with Crippen LogP contribution < -0.4 is 5.32 Å². The molecule has 2 fully saturated rings. The molecule has 2 aromatic carbocycles. The minimum Gasteiger partial charge on any atom is -0.326 e. The summed E-state index contributed by atoms with van der Waals surface area (Å²) >= 11 is 0. The number of carbonyl (C=O) groups excluding carboxylic acids is 3. The van der Waals surface area contributed by atoms with Gasteiger partial charge in [-0.25, -0.2) is 4.39 Å². The van der Waals surface area contributed by atoms with E-state index in [1.165, 1.54) is 23.1 Å². The van der Waals surface area contributed by atoms with Crippen molar-refractivity contribution in [2.45, 2.75) is 25.8 Å². The summed E-state index contributed by atoms with van der Waals surface area (Å²) in [5.74, 6) is -1.87. The molecule has 1 N–H and O–H groups in total. The van der Waals surface area contributed by atoms with Gasteiger partial charge in [-0.2, -0.15) is 0 Å². The first-order chi connectivity index (χ1) is 14.9. The third-order valence-electron chi connectivity index (χ3n) is 6.76. The van der Waals surface area contributed by atoms with Crippen LogP contribution in [0.2, 0.25) is 0 Å². The number of imide groups is 1. The van der Waals surface area contributed by atoms with Crippen LogP contribution >= 0.6 is 0 Å². The van der Waals surface area contributed by atoms with E-state index in [2.05, 4.69) is 5.32 Å². The number of halogens is 1. The van der Waals surface area contributed by atoms with Gasteiger partial charge < -0.3 is 5.32 Å². The number of aryl methyl sites for hydroxylation is 1. The highest BCUT2D eigenvalue weighted by molar-refractivity contribution is 6.07. The molecule has 5 rings (SSSR count). The van der Waals surface area contributed by atoms with Crippen LogP contribution in [0, 0.1) is 36.4 Å². The molecule has 5 atom stereocenters. The number of hydrogen-bond acceptors (Lipinski definition) is 3. The maximum atomic E-state index is 14.0. The Balaban J connectivity index is 1.44. The molecule has 1 heterocycles. The van der Waals surface area contributed by atoms with Gasteiger partial charge in [0.2, 0.25) is 17.7 Å². The number of amides is 3. The van der Waals surface area contributed by atoms with E-state index in [4.69, 9.17) is 0 Å². The molecule has 2 aliphatic carbocycles. The van der Waals surface area contributed by atoms with Crippen molar-refractivity contribution in [2.24, 2.45) is 23.7 Å². The molecule has 6 heteroatoms. The van der Waals surface area contributed by atoms with Crippen LogP contribution in [-0.4, -0.2) is 22.6 Å². The first-order valence-electron chi connectivity index (χ1n) is 10.6. The number of nitrogens with one attached hydrogen (secondary N) is 1. The van der Waals surface area contributed by atoms with Crippen LogP contribution in [0.25, 0.3) is 0 Å². The Bertz CT molecular complexity index is 1060. The van der Waals surface area contributed by atoms with Crippen molar-refractivity contribution in [2.75, 3.05) is 5.32 Å². The lowest BCUT2D eigenvalue weighted by Crippen LogP contribution is -2.38. The Morgan fingerprint density at radius 1 is 1.06 bits per heavy atom. The fraction of sp³-hybridized carbons (Fsp3) is 0.320. The average molecular weight is 418 g/mol. The number of rotatable bonds is 5. The predicted octanol–water partition coefficient (Wildman–Crippen LogP) is 4.01. The highest BCUT2D eigenvalue weighted by atomic mass is 19.1. The third kappa shape index (κ3) is 3.36. The zero-order chi connectivity index (χ0) is 21.7. The number of likely N-dealkylation sites (tertiary alicyclic amines) is 1. The van der Waals surface area contributed by atoms with E-state index in [-0.39, 0.29) is 47.8 Å². The van der Waals surface area contributed by atoms with Crippen LogP contribution in [0.3, 0.4) is 0 Å². The van der Waals surface area contributed by atoms with E-state index in [1.807, 2.05) is 31.2 Å². The number of nitrogens with zero attached hydrogens (tertiary/aromatic N) is 1. The lowest BCUT2D eigenvalue weighted by atomic mass is 9.85. The lowest BCUT2D eigenvalue weighted by molar-refractivity contribution is -0.144. The van der Waals surface area contributed by atoms with Crippen LogP contribution in [0.4, 0.5) is 10.1 Å². The largest absolute Gasteiger partial charge is 0.326 e. The molecule has 0 spiro atoms. The van der Waals surface area contributed by atoms with Crippen molar-refractivity contribution in [1.29, 1.82) is 0 Å². The van der Waals surface area contributed by atoms with Gasteiger partial charge in [-0.3, -0.25) is 19.3 Å². The molecule has 5 nitrogen and oxygen atoms in total. The summed E-state index contributed by atoms with van der Waals surface area (Å²) in [6, 6.07) is 12.3. The Hall–Kier alpha value is -3.28. The number of fused-ring (bicyclic) bond motifs is 5. The maximum absolute atomic E-state index is 14.0. The summed E-state index contributed by atoms with van der Waals surface area (Å²) in [5.41, 5.74) is 2.14. The zero-order valence-electron chi connectivity index (χ0n) is 17.1. The van der Waals surface area contributed by atoms with Gasteiger partial charge in [-0.05, 0) is 55.0 Å². The van der Waals surface area contributed by atoms with Gasteiger partial charge in [-0.1, -0.05) is 42.0 Å². The van der Waals surface area contributed by atoms with Crippen molar-refractivity contribution < 1.29 is 18.8 Å². The van der Waals surface area contributed by atoms with Crippen LogP contribution in [0.5, 0.6) is 0 Å². The van der Waals surface area contributed by atoms with Gasteiger partial charge in [0.25, 0.3) is 0 Å². The molecule has 5 unspecified atom stereocenters. The molecule has 1 saturated heterocycles. The van der Waals surface area contributed by atoms with Gasteiger partial charge in [0, 0.05) is 5.69 Å². The van der Waals surface area contributed by atoms with Crippen molar-refractivity contribution >= 4 is 23.4 Å².